The molecule has 0 saturated carbocycles. The van der Waals surface area contributed by atoms with Crippen LogP contribution in [0.3, 0.4) is 0 Å². The summed E-state index contributed by atoms with van der Waals surface area (Å²) in [5.41, 5.74) is 11.3. The molecule has 0 aliphatic rings. The van der Waals surface area contributed by atoms with Gasteiger partial charge in [0.05, 0.1) is 5.56 Å². The maximum atomic E-state index is 6.46. The van der Waals surface area contributed by atoms with E-state index < -0.39 is 0 Å². The first-order chi connectivity index (χ1) is 26.3. The molecule has 0 fully saturated rings. The van der Waals surface area contributed by atoms with Crippen LogP contribution in [0.15, 0.2) is 192 Å². The van der Waals surface area contributed by atoms with Gasteiger partial charge in [-0.2, -0.15) is 0 Å². The number of aromatic nitrogens is 3. The molecule has 0 bridgehead atoms. The van der Waals surface area contributed by atoms with Gasteiger partial charge in [0.25, 0.3) is 0 Å². The average molecular weight is 678 g/mol. The van der Waals surface area contributed by atoms with Gasteiger partial charge in [0.1, 0.15) is 11.2 Å². The Bertz CT molecular complexity index is 2910. The van der Waals surface area contributed by atoms with Crippen molar-refractivity contribution in [3.63, 3.8) is 0 Å². The predicted molar refractivity (Wildman–Crippen MR) is 217 cm³/mol. The van der Waals surface area contributed by atoms with Crippen molar-refractivity contribution in [1.29, 1.82) is 0 Å². The van der Waals surface area contributed by atoms with Gasteiger partial charge < -0.3 is 4.42 Å². The summed E-state index contributed by atoms with van der Waals surface area (Å²) >= 11 is 0. The lowest BCUT2D eigenvalue weighted by molar-refractivity contribution is 0.669. The number of hydrogen-bond donors (Lipinski definition) is 0. The quantitative estimate of drug-likeness (QED) is 0.176. The Labute approximate surface area is 306 Å². The Morgan fingerprint density at radius 2 is 0.717 bits per heavy atom. The molecule has 2 aromatic heterocycles. The van der Waals surface area contributed by atoms with E-state index in [-0.39, 0.29) is 0 Å². The zero-order valence-corrected chi connectivity index (χ0v) is 28.6. The van der Waals surface area contributed by atoms with Crippen LogP contribution in [-0.4, -0.2) is 15.0 Å². The molecule has 0 radical (unpaired) electrons. The molecule has 8 aromatic carbocycles. The standard InChI is InChI=1S/C49H31N3O/c1-3-12-32(13-4-1)33-22-24-34(25-23-33)35-26-28-37(29-27-35)47-50-48(43-31-30-38(36-14-5-2-6-15-36)39-16-7-8-17-40(39)43)52-49(51-47)44-20-11-19-42-41-18-9-10-21-45(41)53-46(42)44/h1-31H. The lowest BCUT2D eigenvalue weighted by atomic mass is 9.94. The smallest absolute Gasteiger partial charge is 0.167 e. The zero-order valence-electron chi connectivity index (χ0n) is 28.6. The number of rotatable bonds is 6. The maximum absolute atomic E-state index is 6.46. The molecule has 0 unspecified atom stereocenters. The van der Waals surface area contributed by atoms with Crippen LogP contribution in [0.1, 0.15) is 0 Å². The SMILES string of the molecule is c1ccc(-c2ccc(-c3ccc(-c4nc(-c5ccc(-c6ccccc6)c6ccccc56)nc(-c5cccc6c5oc5ccccc56)n4)cc3)cc2)cc1. The minimum Gasteiger partial charge on any atom is -0.455 e. The molecule has 10 aromatic rings. The van der Waals surface area contributed by atoms with E-state index in [4.69, 9.17) is 19.4 Å². The molecule has 0 atom stereocenters. The normalized spacial score (nSPS) is 11.4. The minimum atomic E-state index is 0.562. The Kier molecular flexibility index (Phi) is 7.43. The number of fused-ring (bicyclic) bond motifs is 4. The Morgan fingerprint density at radius 1 is 0.264 bits per heavy atom. The average Bonchev–Trinajstić information content (AvgIpc) is 3.63. The lowest BCUT2D eigenvalue weighted by Gasteiger charge is -2.13. The van der Waals surface area contributed by atoms with Crippen LogP contribution in [0.4, 0.5) is 0 Å². The van der Waals surface area contributed by atoms with E-state index in [1.54, 1.807) is 0 Å². The summed E-state index contributed by atoms with van der Waals surface area (Å²) in [6, 6.07) is 65.2. The number of benzene rings is 8. The van der Waals surface area contributed by atoms with Crippen LogP contribution < -0.4 is 0 Å². The Balaban J connectivity index is 1.12. The summed E-state index contributed by atoms with van der Waals surface area (Å²) in [6.45, 7) is 0. The molecule has 0 amide bonds. The minimum absolute atomic E-state index is 0.562. The van der Waals surface area contributed by atoms with Gasteiger partial charge in [-0.05, 0) is 62.4 Å². The van der Waals surface area contributed by atoms with Crippen molar-refractivity contribution in [2.45, 2.75) is 0 Å². The molecule has 0 aliphatic heterocycles. The van der Waals surface area contributed by atoms with E-state index in [1.807, 2.05) is 42.5 Å². The molecule has 248 valence electrons. The third-order valence-corrected chi connectivity index (χ3v) is 10.00. The molecule has 10 rings (SSSR count). The Hall–Kier alpha value is -7.17. The summed E-state index contributed by atoms with van der Waals surface area (Å²) in [5, 5.41) is 4.31. The summed E-state index contributed by atoms with van der Waals surface area (Å²) in [6.07, 6.45) is 0. The van der Waals surface area contributed by atoms with E-state index in [0.717, 1.165) is 60.5 Å². The van der Waals surface area contributed by atoms with Gasteiger partial charge in [-0.15, -0.1) is 0 Å². The summed E-state index contributed by atoms with van der Waals surface area (Å²) in [7, 11) is 0. The molecule has 4 nitrogen and oxygen atoms in total. The van der Waals surface area contributed by atoms with Crippen molar-refractivity contribution < 1.29 is 4.42 Å². The third kappa shape index (κ3) is 5.54. The van der Waals surface area contributed by atoms with Gasteiger partial charge in [-0.25, -0.2) is 15.0 Å². The maximum Gasteiger partial charge on any atom is 0.167 e. The molecular formula is C49H31N3O. The molecule has 4 heteroatoms. The van der Waals surface area contributed by atoms with Crippen molar-refractivity contribution in [3.8, 4) is 67.5 Å². The highest BCUT2D eigenvalue weighted by Crippen LogP contribution is 2.38. The number of hydrogen-bond acceptors (Lipinski definition) is 4. The van der Waals surface area contributed by atoms with Crippen molar-refractivity contribution in [2.75, 3.05) is 0 Å². The van der Waals surface area contributed by atoms with Gasteiger partial charge >= 0.3 is 0 Å². The lowest BCUT2D eigenvalue weighted by Crippen LogP contribution is -2.01. The number of furan rings is 1. The second-order valence-electron chi connectivity index (χ2n) is 13.2. The molecule has 0 spiro atoms. The highest BCUT2D eigenvalue weighted by molar-refractivity contribution is 6.09. The fourth-order valence-corrected chi connectivity index (χ4v) is 7.33. The first-order valence-electron chi connectivity index (χ1n) is 17.8. The second kappa shape index (κ2) is 12.9. The van der Waals surface area contributed by atoms with Crippen molar-refractivity contribution in [1.82, 2.24) is 15.0 Å². The van der Waals surface area contributed by atoms with Crippen LogP contribution in [0.25, 0.3) is 100 Å². The fraction of sp³-hybridized carbons (Fsp3) is 0. The summed E-state index contributed by atoms with van der Waals surface area (Å²) in [4.78, 5) is 15.5. The van der Waals surface area contributed by atoms with E-state index in [9.17, 15) is 0 Å². The topological polar surface area (TPSA) is 51.8 Å². The van der Waals surface area contributed by atoms with Gasteiger partial charge in [0, 0.05) is 21.9 Å². The third-order valence-electron chi connectivity index (χ3n) is 10.00. The molecular weight excluding hydrogens is 647 g/mol. The fourth-order valence-electron chi connectivity index (χ4n) is 7.33. The highest BCUT2D eigenvalue weighted by atomic mass is 16.3. The van der Waals surface area contributed by atoms with Crippen LogP contribution >= 0.6 is 0 Å². The van der Waals surface area contributed by atoms with Crippen LogP contribution in [0, 0.1) is 0 Å². The number of para-hydroxylation sites is 2. The van der Waals surface area contributed by atoms with Gasteiger partial charge in [0.15, 0.2) is 17.5 Å². The van der Waals surface area contributed by atoms with Crippen molar-refractivity contribution in [2.24, 2.45) is 0 Å². The van der Waals surface area contributed by atoms with Crippen molar-refractivity contribution in [3.05, 3.63) is 188 Å². The second-order valence-corrected chi connectivity index (χ2v) is 13.2. The molecule has 0 N–H and O–H groups in total. The monoisotopic (exact) mass is 677 g/mol. The van der Waals surface area contributed by atoms with Crippen molar-refractivity contribution >= 4 is 32.7 Å². The largest absolute Gasteiger partial charge is 0.455 e. The summed E-state index contributed by atoms with van der Waals surface area (Å²) < 4.78 is 6.46. The van der Waals surface area contributed by atoms with Crippen LogP contribution in [0.2, 0.25) is 0 Å². The van der Waals surface area contributed by atoms with E-state index in [2.05, 4.69) is 146 Å². The van der Waals surface area contributed by atoms with Gasteiger partial charge in [0.2, 0.25) is 0 Å². The van der Waals surface area contributed by atoms with E-state index in [0.29, 0.717) is 17.5 Å². The van der Waals surface area contributed by atoms with E-state index >= 15 is 0 Å². The molecule has 0 aliphatic carbocycles. The van der Waals surface area contributed by atoms with Gasteiger partial charge in [-0.1, -0.05) is 170 Å². The Morgan fingerprint density at radius 3 is 1.38 bits per heavy atom. The molecule has 0 saturated heterocycles. The van der Waals surface area contributed by atoms with Gasteiger partial charge in [-0.3, -0.25) is 0 Å². The highest BCUT2D eigenvalue weighted by Gasteiger charge is 2.19. The predicted octanol–water partition coefficient (Wildman–Crippen LogP) is 12.9. The first-order valence-corrected chi connectivity index (χ1v) is 17.8. The van der Waals surface area contributed by atoms with Crippen LogP contribution in [-0.2, 0) is 0 Å². The van der Waals surface area contributed by atoms with Crippen LogP contribution in [0.5, 0.6) is 0 Å². The van der Waals surface area contributed by atoms with E-state index in [1.165, 1.54) is 22.3 Å². The number of nitrogens with zero attached hydrogens (tertiary/aromatic N) is 3. The molecule has 53 heavy (non-hydrogen) atoms. The zero-order chi connectivity index (χ0) is 35.1. The molecule has 2 heterocycles. The summed E-state index contributed by atoms with van der Waals surface area (Å²) in [5.74, 6) is 1.77. The first kappa shape index (κ1) is 30.6.